The van der Waals surface area contributed by atoms with Crippen LogP contribution in [0.2, 0.25) is 0 Å². The van der Waals surface area contributed by atoms with Crippen molar-refractivity contribution >= 4 is 11.9 Å². The Kier molecular flexibility index (Phi) is 7.11. The summed E-state index contributed by atoms with van der Waals surface area (Å²) >= 11 is 0. The monoisotopic (exact) mass is 394 g/mol. The molecule has 0 saturated carbocycles. The molecule has 1 saturated heterocycles. The van der Waals surface area contributed by atoms with Gasteiger partial charge in [0.25, 0.3) is 5.91 Å². The van der Waals surface area contributed by atoms with E-state index in [2.05, 4.69) is 34.6 Å². The van der Waals surface area contributed by atoms with Gasteiger partial charge in [-0.2, -0.15) is 0 Å². The third kappa shape index (κ3) is 5.28. The second-order valence-electron chi connectivity index (χ2n) is 7.15. The van der Waals surface area contributed by atoms with Crippen LogP contribution >= 0.6 is 0 Å². The van der Waals surface area contributed by atoms with Gasteiger partial charge in [0, 0.05) is 38.2 Å². The Labute approximate surface area is 173 Å². The first-order chi connectivity index (χ1) is 14.1. The van der Waals surface area contributed by atoms with Gasteiger partial charge in [-0.25, -0.2) is 4.99 Å². The largest absolute Gasteiger partial charge is 0.497 e. The van der Waals surface area contributed by atoms with Crippen molar-refractivity contribution in [3.8, 4) is 5.75 Å². The molecule has 1 unspecified atom stereocenters. The van der Waals surface area contributed by atoms with Crippen LogP contribution in [0.3, 0.4) is 0 Å². The van der Waals surface area contributed by atoms with Gasteiger partial charge in [0.15, 0.2) is 5.96 Å². The SMILES string of the molecule is CCNC(=NCc1ccc(C(=O)NC)cc1)N1CCC(c2ccc(OC)cc2)C1. The van der Waals surface area contributed by atoms with Crippen LogP contribution < -0.4 is 15.4 Å². The second kappa shape index (κ2) is 9.96. The van der Waals surface area contributed by atoms with Gasteiger partial charge in [0.2, 0.25) is 0 Å². The van der Waals surface area contributed by atoms with E-state index >= 15 is 0 Å². The molecule has 0 bridgehead atoms. The lowest BCUT2D eigenvalue weighted by Gasteiger charge is -2.22. The van der Waals surface area contributed by atoms with Crippen molar-refractivity contribution in [2.45, 2.75) is 25.8 Å². The lowest BCUT2D eigenvalue weighted by atomic mass is 9.98. The zero-order valence-electron chi connectivity index (χ0n) is 17.4. The summed E-state index contributed by atoms with van der Waals surface area (Å²) in [6.45, 7) is 5.44. The minimum absolute atomic E-state index is 0.0740. The molecular formula is C23H30N4O2. The van der Waals surface area contributed by atoms with Gasteiger partial charge >= 0.3 is 0 Å². The molecule has 1 aliphatic heterocycles. The van der Waals surface area contributed by atoms with E-state index in [4.69, 9.17) is 9.73 Å². The average molecular weight is 395 g/mol. The molecule has 1 heterocycles. The maximum absolute atomic E-state index is 11.7. The maximum Gasteiger partial charge on any atom is 0.251 e. The molecule has 29 heavy (non-hydrogen) atoms. The molecule has 154 valence electrons. The van der Waals surface area contributed by atoms with Crippen LogP contribution in [0.4, 0.5) is 0 Å². The van der Waals surface area contributed by atoms with Crippen LogP contribution in [0.25, 0.3) is 0 Å². The van der Waals surface area contributed by atoms with Crippen molar-refractivity contribution in [1.29, 1.82) is 0 Å². The number of rotatable bonds is 6. The zero-order valence-corrected chi connectivity index (χ0v) is 17.4. The van der Waals surface area contributed by atoms with Crippen molar-refractivity contribution < 1.29 is 9.53 Å². The van der Waals surface area contributed by atoms with Crippen LogP contribution in [0, 0.1) is 0 Å². The predicted octanol–water partition coefficient (Wildman–Crippen LogP) is 3.01. The number of likely N-dealkylation sites (tertiary alicyclic amines) is 1. The molecule has 0 spiro atoms. The Bertz CT molecular complexity index is 831. The van der Waals surface area contributed by atoms with Crippen molar-refractivity contribution in [1.82, 2.24) is 15.5 Å². The summed E-state index contributed by atoms with van der Waals surface area (Å²) in [6, 6.07) is 16.0. The molecule has 2 aromatic carbocycles. The lowest BCUT2D eigenvalue weighted by Crippen LogP contribution is -2.40. The van der Waals surface area contributed by atoms with E-state index in [1.54, 1.807) is 14.2 Å². The first-order valence-corrected chi connectivity index (χ1v) is 10.1. The molecule has 0 radical (unpaired) electrons. The van der Waals surface area contributed by atoms with Gasteiger partial charge < -0.3 is 20.3 Å². The van der Waals surface area contributed by atoms with E-state index in [1.165, 1.54) is 5.56 Å². The van der Waals surface area contributed by atoms with Gasteiger partial charge in [-0.3, -0.25) is 4.79 Å². The highest BCUT2D eigenvalue weighted by Gasteiger charge is 2.26. The topological polar surface area (TPSA) is 66.0 Å². The van der Waals surface area contributed by atoms with Crippen LogP contribution in [0.15, 0.2) is 53.5 Å². The number of methoxy groups -OCH3 is 1. The van der Waals surface area contributed by atoms with Crippen molar-refractivity contribution in [2.24, 2.45) is 4.99 Å². The van der Waals surface area contributed by atoms with Gasteiger partial charge in [-0.15, -0.1) is 0 Å². The smallest absolute Gasteiger partial charge is 0.251 e. The molecule has 1 aliphatic rings. The normalized spacial score (nSPS) is 16.6. The van der Waals surface area contributed by atoms with E-state index in [-0.39, 0.29) is 5.91 Å². The Morgan fingerprint density at radius 3 is 2.52 bits per heavy atom. The Morgan fingerprint density at radius 1 is 1.17 bits per heavy atom. The van der Waals surface area contributed by atoms with Crippen LogP contribution in [0.5, 0.6) is 5.75 Å². The van der Waals surface area contributed by atoms with Gasteiger partial charge in [-0.05, 0) is 48.7 Å². The summed E-state index contributed by atoms with van der Waals surface area (Å²) in [6.07, 6.45) is 1.11. The molecular weight excluding hydrogens is 364 g/mol. The number of amides is 1. The number of nitrogens with zero attached hydrogens (tertiary/aromatic N) is 2. The number of benzene rings is 2. The summed E-state index contributed by atoms with van der Waals surface area (Å²) < 4.78 is 5.26. The van der Waals surface area contributed by atoms with Gasteiger partial charge in [0.05, 0.1) is 13.7 Å². The number of ether oxygens (including phenoxy) is 1. The fraction of sp³-hybridized carbons (Fsp3) is 0.391. The number of hydrogen-bond acceptors (Lipinski definition) is 3. The highest BCUT2D eigenvalue weighted by Crippen LogP contribution is 2.28. The molecule has 1 atom stereocenters. The molecule has 0 aliphatic carbocycles. The molecule has 2 N–H and O–H groups in total. The molecule has 6 nitrogen and oxygen atoms in total. The van der Waals surface area contributed by atoms with Crippen molar-refractivity contribution in [3.63, 3.8) is 0 Å². The van der Waals surface area contributed by atoms with Crippen LogP contribution in [0.1, 0.15) is 40.7 Å². The predicted molar refractivity (Wildman–Crippen MR) is 117 cm³/mol. The fourth-order valence-corrected chi connectivity index (χ4v) is 3.60. The Morgan fingerprint density at radius 2 is 1.90 bits per heavy atom. The molecule has 0 aromatic heterocycles. The van der Waals surface area contributed by atoms with E-state index in [9.17, 15) is 4.79 Å². The lowest BCUT2D eigenvalue weighted by molar-refractivity contribution is 0.0963. The number of hydrogen-bond donors (Lipinski definition) is 2. The first kappa shape index (κ1) is 20.7. The maximum atomic E-state index is 11.7. The summed E-state index contributed by atoms with van der Waals surface area (Å²) in [5, 5.41) is 6.05. The fourth-order valence-electron chi connectivity index (χ4n) is 3.60. The summed E-state index contributed by atoms with van der Waals surface area (Å²) in [5.41, 5.74) is 3.09. The quantitative estimate of drug-likeness (QED) is 0.584. The molecule has 6 heteroatoms. The number of carbonyl (C=O) groups excluding carboxylic acids is 1. The van der Waals surface area contributed by atoms with Crippen LogP contribution in [-0.2, 0) is 6.54 Å². The number of nitrogens with one attached hydrogen (secondary N) is 2. The van der Waals surface area contributed by atoms with E-state index < -0.39 is 0 Å². The third-order valence-corrected chi connectivity index (χ3v) is 5.26. The minimum atomic E-state index is -0.0740. The summed E-state index contributed by atoms with van der Waals surface area (Å²) in [5.74, 6) is 2.26. The molecule has 2 aromatic rings. The van der Waals surface area contributed by atoms with E-state index in [1.807, 2.05) is 36.4 Å². The van der Waals surface area contributed by atoms with Gasteiger partial charge in [0.1, 0.15) is 5.75 Å². The second-order valence-corrected chi connectivity index (χ2v) is 7.15. The Hall–Kier alpha value is -3.02. The highest BCUT2D eigenvalue weighted by atomic mass is 16.5. The van der Waals surface area contributed by atoms with E-state index in [0.717, 1.165) is 43.3 Å². The van der Waals surface area contributed by atoms with Crippen LogP contribution in [-0.4, -0.2) is 50.6 Å². The van der Waals surface area contributed by atoms with Crippen molar-refractivity contribution in [2.75, 3.05) is 33.8 Å². The summed E-state index contributed by atoms with van der Waals surface area (Å²) in [4.78, 5) is 18.8. The summed E-state index contributed by atoms with van der Waals surface area (Å²) in [7, 11) is 3.33. The number of aliphatic imine (C=N–C) groups is 1. The zero-order chi connectivity index (χ0) is 20.6. The molecule has 3 rings (SSSR count). The Balaban J connectivity index is 1.65. The standard InChI is InChI=1S/C23H30N4O2/c1-4-25-23(26-15-17-5-7-19(8-6-17)22(28)24-2)27-14-13-20(16-27)18-9-11-21(29-3)12-10-18/h5-12,20H,4,13-16H2,1-3H3,(H,24,28)(H,25,26). The molecule has 1 amide bonds. The highest BCUT2D eigenvalue weighted by molar-refractivity contribution is 5.93. The third-order valence-electron chi connectivity index (χ3n) is 5.26. The van der Waals surface area contributed by atoms with Crippen molar-refractivity contribution in [3.05, 3.63) is 65.2 Å². The molecule has 1 fully saturated rings. The first-order valence-electron chi connectivity index (χ1n) is 10.1. The van der Waals surface area contributed by atoms with E-state index in [0.29, 0.717) is 18.0 Å². The van der Waals surface area contributed by atoms with Gasteiger partial charge in [-0.1, -0.05) is 24.3 Å². The minimum Gasteiger partial charge on any atom is -0.497 e. The number of guanidine groups is 1. The number of carbonyl (C=O) groups is 1. The average Bonchev–Trinajstić information content (AvgIpc) is 3.26.